The molecular formula is C18H15NO2S2. The van der Waals surface area contributed by atoms with Crippen molar-refractivity contribution in [2.75, 3.05) is 4.90 Å². The van der Waals surface area contributed by atoms with Crippen LogP contribution in [0, 0.1) is 0 Å². The fourth-order valence-electron chi connectivity index (χ4n) is 2.32. The second-order valence-electron chi connectivity index (χ2n) is 5.10. The highest BCUT2D eigenvalue weighted by molar-refractivity contribution is 8.27. The predicted molar refractivity (Wildman–Crippen MR) is 99.6 cm³/mol. The summed E-state index contributed by atoms with van der Waals surface area (Å²) in [5, 5.41) is 9.85. The van der Waals surface area contributed by atoms with Gasteiger partial charge in [0.25, 0.3) is 5.91 Å². The molecule has 1 aliphatic rings. The number of rotatable bonds is 3. The zero-order chi connectivity index (χ0) is 16.4. The topological polar surface area (TPSA) is 40.5 Å². The first-order valence-electron chi connectivity index (χ1n) is 7.25. The van der Waals surface area contributed by atoms with E-state index in [-0.39, 0.29) is 11.7 Å². The third-order valence-electron chi connectivity index (χ3n) is 3.62. The van der Waals surface area contributed by atoms with Crippen LogP contribution in [0.25, 0.3) is 6.08 Å². The number of carbonyl (C=O) groups excluding carboxylic acids is 1. The normalized spacial score (nSPS) is 16.4. The van der Waals surface area contributed by atoms with Gasteiger partial charge in [0.05, 0.1) is 10.6 Å². The van der Waals surface area contributed by atoms with Crippen molar-refractivity contribution in [2.45, 2.75) is 13.3 Å². The second-order valence-corrected chi connectivity index (χ2v) is 6.77. The molecule has 0 aliphatic carbocycles. The number of carbonyl (C=O) groups is 1. The maximum absolute atomic E-state index is 12.7. The van der Waals surface area contributed by atoms with Crippen LogP contribution in [0.5, 0.6) is 5.75 Å². The minimum Gasteiger partial charge on any atom is -0.507 e. The number of amides is 1. The van der Waals surface area contributed by atoms with Crippen molar-refractivity contribution in [3.63, 3.8) is 0 Å². The molecule has 23 heavy (non-hydrogen) atoms. The van der Waals surface area contributed by atoms with Gasteiger partial charge < -0.3 is 5.11 Å². The van der Waals surface area contributed by atoms with Gasteiger partial charge in [-0.05, 0) is 36.3 Å². The molecule has 2 aromatic rings. The fourth-order valence-corrected chi connectivity index (χ4v) is 3.61. The van der Waals surface area contributed by atoms with E-state index in [9.17, 15) is 9.90 Å². The molecule has 1 aliphatic heterocycles. The van der Waals surface area contributed by atoms with E-state index >= 15 is 0 Å². The first-order valence-corrected chi connectivity index (χ1v) is 8.47. The Kier molecular flexibility index (Phi) is 4.50. The minimum absolute atomic E-state index is 0.144. The number of aryl methyl sites for hydroxylation is 1. The van der Waals surface area contributed by atoms with Crippen LogP contribution in [0.15, 0.2) is 53.4 Å². The van der Waals surface area contributed by atoms with E-state index in [2.05, 4.69) is 6.92 Å². The van der Waals surface area contributed by atoms with Gasteiger partial charge in [-0.1, -0.05) is 61.2 Å². The Bertz CT molecular complexity index is 797. The Morgan fingerprint density at radius 1 is 1.17 bits per heavy atom. The largest absolute Gasteiger partial charge is 0.507 e. The SMILES string of the molecule is CCc1ccc(N2C(=O)/C(=C/c3ccccc3O)SC2=S)cc1. The van der Waals surface area contributed by atoms with Gasteiger partial charge in [-0.25, -0.2) is 0 Å². The van der Waals surface area contributed by atoms with E-state index in [1.807, 2.05) is 30.3 Å². The van der Waals surface area contributed by atoms with Crippen LogP contribution in [-0.2, 0) is 11.2 Å². The van der Waals surface area contributed by atoms with E-state index in [1.165, 1.54) is 22.2 Å². The summed E-state index contributed by atoms with van der Waals surface area (Å²) in [7, 11) is 0. The average molecular weight is 341 g/mol. The van der Waals surface area contributed by atoms with E-state index in [1.54, 1.807) is 24.3 Å². The number of nitrogens with zero attached hydrogens (tertiary/aromatic N) is 1. The summed E-state index contributed by atoms with van der Waals surface area (Å²) in [5.41, 5.74) is 2.59. The molecule has 116 valence electrons. The van der Waals surface area contributed by atoms with Crippen LogP contribution in [0.4, 0.5) is 5.69 Å². The highest BCUT2D eigenvalue weighted by Gasteiger charge is 2.33. The molecule has 0 radical (unpaired) electrons. The molecule has 0 unspecified atom stereocenters. The molecule has 3 nitrogen and oxygen atoms in total. The van der Waals surface area contributed by atoms with Gasteiger partial charge in [0, 0.05) is 5.56 Å². The van der Waals surface area contributed by atoms with Crippen LogP contribution in [-0.4, -0.2) is 15.3 Å². The van der Waals surface area contributed by atoms with Crippen molar-refractivity contribution in [1.82, 2.24) is 0 Å². The number of aromatic hydroxyl groups is 1. The lowest BCUT2D eigenvalue weighted by Gasteiger charge is -2.14. The number of thioether (sulfide) groups is 1. The lowest BCUT2D eigenvalue weighted by Crippen LogP contribution is -2.27. The molecule has 5 heteroatoms. The van der Waals surface area contributed by atoms with Gasteiger partial charge in [0.1, 0.15) is 5.75 Å². The molecule has 0 bridgehead atoms. The molecule has 2 aromatic carbocycles. The van der Waals surface area contributed by atoms with E-state index in [4.69, 9.17) is 12.2 Å². The number of para-hydroxylation sites is 1. The van der Waals surface area contributed by atoms with Gasteiger partial charge in [0.15, 0.2) is 4.32 Å². The number of hydrogen-bond acceptors (Lipinski definition) is 4. The summed E-state index contributed by atoms with van der Waals surface area (Å²) in [6.07, 6.45) is 2.63. The number of phenols is 1. The number of hydrogen-bond donors (Lipinski definition) is 1. The fraction of sp³-hybridized carbons (Fsp3) is 0.111. The summed E-state index contributed by atoms with van der Waals surface area (Å²) in [6, 6.07) is 14.7. The maximum Gasteiger partial charge on any atom is 0.270 e. The summed E-state index contributed by atoms with van der Waals surface area (Å²) in [4.78, 5) is 14.7. The highest BCUT2D eigenvalue weighted by atomic mass is 32.2. The van der Waals surface area contributed by atoms with Crippen LogP contribution < -0.4 is 4.90 Å². The lowest BCUT2D eigenvalue weighted by molar-refractivity contribution is -0.113. The second kappa shape index (κ2) is 6.56. The van der Waals surface area contributed by atoms with Crippen LogP contribution in [0.2, 0.25) is 0 Å². The molecule has 1 saturated heterocycles. The zero-order valence-corrected chi connectivity index (χ0v) is 14.2. The Balaban J connectivity index is 1.92. The molecule has 3 rings (SSSR count). The number of anilines is 1. The first kappa shape index (κ1) is 15.8. The average Bonchev–Trinajstić information content (AvgIpc) is 2.84. The molecule has 1 fully saturated rings. The smallest absolute Gasteiger partial charge is 0.270 e. The van der Waals surface area contributed by atoms with Gasteiger partial charge in [-0.2, -0.15) is 0 Å². The number of benzene rings is 2. The van der Waals surface area contributed by atoms with Crippen molar-refractivity contribution >= 4 is 46.0 Å². The van der Waals surface area contributed by atoms with Crippen molar-refractivity contribution in [3.8, 4) is 5.75 Å². The standard InChI is InChI=1S/C18H15NO2S2/c1-2-12-7-9-14(10-8-12)19-17(21)16(23-18(19)22)11-13-5-3-4-6-15(13)20/h3-11,20H,2H2,1H3/b16-11-. The third kappa shape index (κ3) is 3.16. The summed E-state index contributed by atoms with van der Waals surface area (Å²) in [5.74, 6) is -0.0161. The molecule has 0 saturated carbocycles. The quantitative estimate of drug-likeness (QED) is 0.665. The predicted octanol–water partition coefficient (Wildman–Crippen LogP) is 4.36. The minimum atomic E-state index is -0.160. The van der Waals surface area contributed by atoms with Gasteiger partial charge in [-0.3, -0.25) is 9.69 Å². The Labute approximate surface area is 144 Å². The van der Waals surface area contributed by atoms with Gasteiger partial charge >= 0.3 is 0 Å². The number of phenolic OH excluding ortho intramolecular Hbond substituents is 1. The van der Waals surface area contributed by atoms with Crippen LogP contribution in [0.3, 0.4) is 0 Å². The maximum atomic E-state index is 12.7. The van der Waals surface area contributed by atoms with Crippen molar-refractivity contribution in [2.24, 2.45) is 0 Å². The number of thiocarbonyl (C=S) groups is 1. The molecule has 0 aromatic heterocycles. The molecular weight excluding hydrogens is 326 g/mol. The monoisotopic (exact) mass is 341 g/mol. The van der Waals surface area contributed by atoms with Crippen molar-refractivity contribution in [1.29, 1.82) is 0 Å². The Hall–Kier alpha value is -2.11. The van der Waals surface area contributed by atoms with E-state index in [0.717, 1.165) is 12.1 Å². The highest BCUT2D eigenvalue weighted by Crippen LogP contribution is 2.36. The molecule has 1 heterocycles. The lowest BCUT2D eigenvalue weighted by atomic mass is 10.1. The Morgan fingerprint density at radius 2 is 1.87 bits per heavy atom. The van der Waals surface area contributed by atoms with E-state index < -0.39 is 0 Å². The van der Waals surface area contributed by atoms with Gasteiger partial charge in [-0.15, -0.1) is 0 Å². The summed E-state index contributed by atoms with van der Waals surface area (Å²) < 4.78 is 0.501. The molecule has 1 amide bonds. The van der Waals surface area contributed by atoms with E-state index in [0.29, 0.717) is 14.8 Å². The van der Waals surface area contributed by atoms with Crippen molar-refractivity contribution < 1.29 is 9.90 Å². The third-order valence-corrected chi connectivity index (χ3v) is 4.92. The summed E-state index contributed by atoms with van der Waals surface area (Å²) in [6.45, 7) is 2.09. The van der Waals surface area contributed by atoms with Crippen molar-refractivity contribution in [3.05, 3.63) is 64.6 Å². The first-order chi connectivity index (χ1) is 11.1. The van der Waals surface area contributed by atoms with Crippen LogP contribution in [0.1, 0.15) is 18.1 Å². The zero-order valence-electron chi connectivity index (χ0n) is 12.5. The molecule has 0 spiro atoms. The van der Waals surface area contributed by atoms with Gasteiger partial charge in [0.2, 0.25) is 0 Å². The molecule has 0 atom stereocenters. The van der Waals surface area contributed by atoms with Crippen LogP contribution >= 0.6 is 24.0 Å². The summed E-state index contributed by atoms with van der Waals surface area (Å²) >= 11 is 6.60. The molecule has 1 N–H and O–H groups in total. The Morgan fingerprint density at radius 3 is 2.52 bits per heavy atom.